The van der Waals surface area contributed by atoms with Crippen molar-refractivity contribution in [1.29, 1.82) is 0 Å². The Kier molecular flexibility index (Phi) is 6.34. The van der Waals surface area contributed by atoms with Gasteiger partial charge < -0.3 is 9.47 Å². The summed E-state index contributed by atoms with van der Waals surface area (Å²) in [5.41, 5.74) is -0.126. The number of carbonyl (C=O) groups excluding carboxylic acids is 2. The fourth-order valence-corrected chi connectivity index (χ4v) is 1.47. The van der Waals surface area contributed by atoms with E-state index in [0.717, 1.165) is 12.8 Å². The molecule has 0 amide bonds. The second-order valence-corrected chi connectivity index (χ2v) is 5.84. The van der Waals surface area contributed by atoms with Gasteiger partial charge in [0.25, 0.3) is 0 Å². The van der Waals surface area contributed by atoms with Crippen LogP contribution in [0.4, 0.5) is 0 Å². The van der Waals surface area contributed by atoms with Crippen molar-refractivity contribution in [3.05, 3.63) is 30.1 Å². The number of ether oxygens (including phenoxy) is 2. The molecular formula is C16H23NO4. The van der Waals surface area contributed by atoms with Crippen LogP contribution in [-0.4, -0.2) is 23.5 Å². The number of nitrogens with zero attached hydrogens (tertiary/aromatic N) is 1. The number of rotatable bonds is 6. The van der Waals surface area contributed by atoms with Gasteiger partial charge in [-0.05, 0) is 39.3 Å². The highest BCUT2D eigenvalue weighted by atomic mass is 16.6. The Morgan fingerprint density at radius 1 is 1.24 bits per heavy atom. The molecule has 0 bridgehead atoms. The molecular weight excluding hydrogens is 270 g/mol. The molecule has 0 aliphatic rings. The van der Waals surface area contributed by atoms with E-state index in [1.165, 1.54) is 0 Å². The molecule has 1 unspecified atom stereocenters. The van der Waals surface area contributed by atoms with E-state index in [-0.39, 0.29) is 0 Å². The van der Waals surface area contributed by atoms with Crippen LogP contribution in [0.15, 0.2) is 24.5 Å². The topological polar surface area (TPSA) is 65.5 Å². The first-order valence-electron chi connectivity index (χ1n) is 7.14. The molecule has 0 spiro atoms. The molecule has 0 aromatic carbocycles. The van der Waals surface area contributed by atoms with Crippen molar-refractivity contribution in [2.45, 2.75) is 46.6 Å². The van der Waals surface area contributed by atoms with Crippen molar-refractivity contribution in [1.82, 2.24) is 4.98 Å². The zero-order valence-corrected chi connectivity index (χ0v) is 13.1. The van der Waals surface area contributed by atoms with Gasteiger partial charge in [0.15, 0.2) is 0 Å². The summed E-state index contributed by atoms with van der Waals surface area (Å²) in [5.74, 6) is -0.996. The van der Waals surface area contributed by atoms with Crippen molar-refractivity contribution >= 4 is 11.9 Å². The maximum Gasteiger partial charge on any atom is 0.352 e. The van der Waals surface area contributed by atoms with Crippen molar-refractivity contribution < 1.29 is 19.1 Å². The zero-order chi connectivity index (χ0) is 15.9. The first-order valence-corrected chi connectivity index (χ1v) is 7.14. The molecule has 116 valence electrons. The lowest BCUT2D eigenvalue weighted by Crippen LogP contribution is -2.29. The van der Waals surface area contributed by atoms with Gasteiger partial charge in [0, 0.05) is 18.0 Å². The molecule has 21 heavy (non-hydrogen) atoms. The first-order chi connectivity index (χ1) is 9.86. The molecule has 1 aromatic heterocycles. The maximum atomic E-state index is 12.2. The Hall–Kier alpha value is -1.91. The number of pyridine rings is 1. The molecule has 0 N–H and O–H groups in total. The summed E-state index contributed by atoms with van der Waals surface area (Å²) in [4.78, 5) is 28.1. The molecule has 0 aliphatic carbocycles. The lowest BCUT2D eigenvalue weighted by Gasteiger charge is -2.22. The Bertz CT molecular complexity index is 465. The molecule has 5 heteroatoms. The van der Waals surface area contributed by atoms with Crippen LogP contribution >= 0.6 is 0 Å². The quantitative estimate of drug-likeness (QED) is 0.595. The Balaban J connectivity index is 2.85. The van der Waals surface area contributed by atoms with E-state index < -0.39 is 23.5 Å². The number of hydrogen-bond acceptors (Lipinski definition) is 5. The molecule has 1 heterocycles. The van der Waals surface area contributed by atoms with Gasteiger partial charge in [-0.1, -0.05) is 13.3 Å². The standard InChI is InChI=1S/C16H23NO4/c1-5-6-11-20-14(18)13(12-7-9-17-10-8-12)21-15(19)16(2,3)4/h7-10,13H,5-6,11H2,1-4H3. The van der Waals surface area contributed by atoms with Gasteiger partial charge in [-0.3, -0.25) is 9.78 Å². The van der Waals surface area contributed by atoms with Gasteiger partial charge in [-0.2, -0.15) is 0 Å². The molecule has 0 saturated heterocycles. The van der Waals surface area contributed by atoms with Crippen LogP contribution in [0.25, 0.3) is 0 Å². The van der Waals surface area contributed by atoms with Gasteiger partial charge in [0.05, 0.1) is 12.0 Å². The normalized spacial score (nSPS) is 12.6. The van der Waals surface area contributed by atoms with Crippen LogP contribution in [0.3, 0.4) is 0 Å². The fraction of sp³-hybridized carbons (Fsp3) is 0.562. The summed E-state index contributed by atoms with van der Waals surface area (Å²) < 4.78 is 10.5. The average Bonchev–Trinajstić information content (AvgIpc) is 2.44. The van der Waals surface area contributed by atoms with Crippen molar-refractivity contribution in [3.63, 3.8) is 0 Å². The van der Waals surface area contributed by atoms with E-state index in [9.17, 15) is 9.59 Å². The van der Waals surface area contributed by atoms with E-state index in [0.29, 0.717) is 12.2 Å². The van der Waals surface area contributed by atoms with Crippen LogP contribution < -0.4 is 0 Å². The third-order valence-electron chi connectivity index (χ3n) is 2.80. The molecule has 1 rings (SSSR count). The lowest BCUT2D eigenvalue weighted by atomic mass is 9.97. The predicted octanol–water partition coefficient (Wildman–Crippen LogP) is 3.06. The molecule has 1 atom stereocenters. The zero-order valence-electron chi connectivity index (χ0n) is 13.1. The summed E-state index contributed by atoms with van der Waals surface area (Å²) >= 11 is 0. The smallest absolute Gasteiger partial charge is 0.352 e. The minimum atomic E-state index is -1.04. The number of hydrogen-bond donors (Lipinski definition) is 0. The SMILES string of the molecule is CCCCOC(=O)C(OC(=O)C(C)(C)C)c1ccncc1. The molecule has 0 saturated carbocycles. The van der Waals surface area contributed by atoms with Gasteiger partial charge in [0.1, 0.15) is 0 Å². The minimum absolute atomic E-state index is 0.323. The van der Waals surface area contributed by atoms with Gasteiger partial charge in [-0.25, -0.2) is 4.79 Å². The Labute approximate surface area is 125 Å². The third-order valence-corrected chi connectivity index (χ3v) is 2.80. The highest BCUT2D eigenvalue weighted by Crippen LogP contribution is 2.24. The van der Waals surface area contributed by atoms with Gasteiger partial charge in [0.2, 0.25) is 6.10 Å². The van der Waals surface area contributed by atoms with Crippen molar-refractivity contribution in [2.75, 3.05) is 6.61 Å². The molecule has 1 aromatic rings. The number of esters is 2. The predicted molar refractivity (Wildman–Crippen MR) is 78.4 cm³/mol. The van der Waals surface area contributed by atoms with Crippen molar-refractivity contribution in [2.24, 2.45) is 5.41 Å². The average molecular weight is 293 g/mol. The van der Waals surface area contributed by atoms with E-state index in [1.807, 2.05) is 6.92 Å². The van der Waals surface area contributed by atoms with Gasteiger partial charge >= 0.3 is 11.9 Å². The first kappa shape index (κ1) is 17.1. The third kappa shape index (κ3) is 5.53. The summed E-state index contributed by atoms with van der Waals surface area (Å²) in [7, 11) is 0. The summed E-state index contributed by atoms with van der Waals surface area (Å²) in [5, 5.41) is 0. The minimum Gasteiger partial charge on any atom is -0.463 e. The Morgan fingerprint density at radius 3 is 2.38 bits per heavy atom. The molecule has 0 aliphatic heterocycles. The van der Waals surface area contributed by atoms with E-state index >= 15 is 0 Å². The largest absolute Gasteiger partial charge is 0.463 e. The summed E-state index contributed by atoms with van der Waals surface area (Å²) in [6.07, 6.45) is 3.76. The summed E-state index contributed by atoms with van der Waals surface area (Å²) in [6, 6.07) is 3.28. The van der Waals surface area contributed by atoms with E-state index in [4.69, 9.17) is 9.47 Å². The molecule has 5 nitrogen and oxygen atoms in total. The van der Waals surface area contributed by atoms with Crippen molar-refractivity contribution in [3.8, 4) is 0 Å². The highest BCUT2D eigenvalue weighted by molar-refractivity contribution is 5.82. The number of aromatic nitrogens is 1. The van der Waals surface area contributed by atoms with Crippen LogP contribution in [-0.2, 0) is 19.1 Å². The highest BCUT2D eigenvalue weighted by Gasteiger charge is 2.31. The molecule has 0 radical (unpaired) electrons. The van der Waals surface area contributed by atoms with Crippen LogP contribution in [0.2, 0.25) is 0 Å². The second kappa shape index (κ2) is 7.76. The monoisotopic (exact) mass is 293 g/mol. The van der Waals surface area contributed by atoms with E-state index in [2.05, 4.69) is 4.98 Å². The number of unbranched alkanes of at least 4 members (excludes halogenated alkanes) is 1. The maximum absolute atomic E-state index is 12.2. The number of carbonyl (C=O) groups is 2. The molecule has 0 fully saturated rings. The van der Waals surface area contributed by atoms with Crippen LogP contribution in [0, 0.1) is 5.41 Å². The lowest BCUT2D eigenvalue weighted by molar-refractivity contribution is -0.173. The van der Waals surface area contributed by atoms with Crippen LogP contribution in [0.5, 0.6) is 0 Å². The van der Waals surface area contributed by atoms with Crippen LogP contribution in [0.1, 0.15) is 52.2 Å². The van der Waals surface area contributed by atoms with E-state index in [1.54, 1.807) is 45.3 Å². The summed E-state index contributed by atoms with van der Waals surface area (Å²) in [6.45, 7) is 7.54. The second-order valence-electron chi connectivity index (χ2n) is 5.84. The Morgan fingerprint density at radius 2 is 1.86 bits per heavy atom. The van der Waals surface area contributed by atoms with Gasteiger partial charge in [-0.15, -0.1) is 0 Å². The fourth-order valence-electron chi connectivity index (χ4n) is 1.47.